The van der Waals surface area contributed by atoms with Gasteiger partial charge in [0.2, 0.25) is 15.9 Å². The first-order valence-corrected chi connectivity index (χ1v) is 12.8. The summed E-state index contributed by atoms with van der Waals surface area (Å²) in [6, 6.07) is 13.7. The maximum absolute atomic E-state index is 13.1. The van der Waals surface area contributed by atoms with Gasteiger partial charge in [-0.2, -0.15) is 0 Å². The largest absolute Gasteiger partial charge is 0.309 e. The molecule has 0 unspecified atom stereocenters. The van der Waals surface area contributed by atoms with E-state index in [1.165, 1.54) is 22.7 Å². The van der Waals surface area contributed by atoms with E-state index in [9.17, 15) is 17.6 Å². The molecule has 33 heavy (non-hydrogen) atoms. The molecule has 1 N–H and O–H groups in total. The normalized spacial score (nSPS) is 22.4. The van der Waals surface area contributed by atoms with Gasteiger partial charge in [0.1, 0.15) is 12.1 Å². The number of sulfonamides is 1. The second kappa shape index (κ2) is 7.98. The third-order valence-electron chi connectivity index (χ3n) is 6.86. The fourth-order valence-corrected chi connectivity index (χ4v) is 6.11. The zero-order chi connectivity index (χ0) is 23.2. The van der Waals surface area contributed by atoms with Crippen molar-refractivity contribution < 1.29 is 17.6 Å². The van der Waals surface area contributed by atoms with Crippen molar-refractivity contribution in [3.8, 4) is 5.69 Å². The van der Waals surface area contributed by atoms with Crippen LogP contribution in [0, 0.1) is 11.7 Å². The summed E-state index contributed by atoms with van der Waals surface area (Å²) in [4.78, 5) is 17.2. The van der Waals surface area contributed by atoms with Gasteiger partial charge in [0.05, 0.1) is 18.1 Å². The van der Waals surface area contributed by atoms with Crippen LogP contribution in [0.5, 0.6) is 0 Å². The number of nitrogens with one attached hydrogen (secondary N) is 1. The molecule has 9 heteroatoms. The standard InChI is InChI=1S/C24H25FN4O3S/c1-33(31,32)29-15-24(20-4-2-3-5-21(20)29)12-10-17(11-13-24)23(30)27-22-14-28(16-26-22)19-8-6-18(25)7-9-19/h2-9,14,16-17H,10-13,15H2,1H3,(H,27,30). The molecule has 0 radical (unpaired) electrons. The van der Waals surface area contributed by atoms with Crippen molar-refractivity contribution in [2.24, 2.45) is 5.92 Å². The van der Waals surface area contributed by atoms with Crippen molar-refractivity contribution in [1.29, 1.82) is 0 Å². The average molecular weight is 469 g/mol. The fraction of sp³-hybridized carbons (Fsp3) is 0.333. The van der Waals surface area contributed by atoms with Crippen molar-refractivity contribution in [3.05, 3.63) is 72.4 Å². The maximum atomic E-state index is 13.1. The van der Waals surface area contributed by atoms with Crippen LogP contribution in [0.4, 0.5) is 15.9 Å². The van der Waals surface area contributed by atoms with Crippen molar-refractivity contribution in [1.82, 2.24) is 9.55 Å². The Hall–Kier alpha value is -3.20. The van der Waals surface area contributed by atoms with Crippen LogP contribution >= 0.6 is 0 Å². The zero-order valence-electron chi connectivity index (χ0n) is 18.2. The van der Waals surface area contributed by atoms with Gasteiger partial charge in [0.15, 0.2) is 5.82 Å². The van der Waals surface area contributed by atoms with Crippen LogP contribution in [-0.4, -0.2) is 36.7 Å². The quantitative estimate of drug-likeness (QED) is 0.630. The van der Waals surface area contributed by atoms with Gasteiger partial charge in [-0.25, -0.2) is 17.8 Å². The molecule has 1 aliphatic heterocycles. The van der Waals surface area contributed by atoms with E-state index in [1.54, 1.807) is 29.2 Å². The van der Waals surface area contributed by atoms with Crippen molar-refractivity contribution >= 4 is 27.4 Å². The molecular weight excluding hydrogens is 443 g/mol. The van der Waals surface area contributed by atoms with Gasteiger partial charge >= 0.3 is 0 Å². The Labute approximate surface area is 192 Å². The molecule has 1 aliphatic carbocycles. The molecule has 7 nitrogen and oxygen atoms in total. The van der Waals surface area contributed by atoms with E-state index in [0.29, 0.717) is 25.2 Å². The minimum atomic E-state index is -3.36. The van der Waals surface area contributed by atoms with Crippen LogP contribution in [-0.2, 0) is 20.2 Å². The zero-order valence-corrected chi connectivity index (χ0v) is 19.1. The first kappa shape index (κ1) is 21.6. The predicted molar refractivity (Wildman–Crippen MR) is 124 cm³/mol. The second-order valence-corrected chi connectivity index (χ2v) is 10.9. The summed E-state index contributed by atoms with van der Waals surface area (Å²) >= 11 is 0. The Bertz CT molecular complexity index is 1300. The Morgan fingerprint density at radius 1 is 1.12 bits per heavy atom. The van der Waals surface area contributed by atoms with Gasteiger partial charge in [-0.1, -0.05) is 18.2 Å². The number of halogens is 1. The van der Waals surface area contributed by atoms with E-state index < -0.39 is 10.0 Å². The molecule has 2 aliphatic rings. The van der Waals surface area contributed by atoms with E-state index in [1.807, 2.05) is 24.3 Å². The number of carbonyl (C=O) groups excluding carboxylic acids is 1. The van der Waals surface area contributed by atoms with Gasteiger partial charge in [-0.15, -0.1) is 0 Å². The molecule has 1 saturated carbocycles. The SMILES string of the molecule is CS(=O)(=O)N1CC2(CCC(C(=O)Nc3cn(-c4ccc(F)cc4)cn3)CC2)c2ccccc21. The smallest absolute Gasteiger partial charge is 0.232 e. The van der Waals surface area contributed by atoms with Gasteiger partial charge in [-0.05, 0) is 61.6 Å². The predicted octanol–water partition coefficient (Wildman–Crippen LogP) is 3.86. The highest BCUT2D eigenvalue weighted by molar-refractivity contribution is 7.92. The van der Waals surface area contributed by atoms with E-state index in [2.05, 4.69) is 10.3 Å². The average Bonchev–Trinajstić information content (AvgIpc) is 3.38. The monoisotopic (exact) mass is 468 g/mol. The minimum Gasteiger partial charge on any atom is -0.309 e. The molecular formula is C24H25FN4O3S. The van der Waals surface area contributed by atoms with E-state index in [4.69, 9.17) is 0 Å². The summed E-state index contributed by atoms with van der Waals surface area (Å²) in [6.45, 7) is 0.432. The summed E-state index contributed by atoms with van der Waals surface area (Å²) in [5.74, 6) is -0.113. The van der Waals surface area contributed by atoms with Gasteiger partial charge in [0, 0.05) is 23.6 Å². The van der Waals surface area contributed by atoms with E-state index in [0.717, 1.165) is 29.8 Å². The topological polar surface area (TPSA) is 84.3 Å². The number of imidazole rings is 1. The minimum absolute atomic E-state index is 0.0829. The number of para-hydroxylation sites is 1. The second-order valence-electron chi connectivity index (χ2n) is 8.97. The molecule has 2 heterocycles. The van der Waals surface area contributed by atoms with Gasteiger partial charge in [0.25, 0.3) is 0 Å². The molecule has 1 spiro atoms. The van der Waals surface area contributed by atoms with Crippen LogP contribution in [0.3, 0.4) is 0 Å². The van der Waals surface area contributed by atoms with Gasteiger partial charge < -0.3 is 9.88 Å². The lowest BCUT2D eigenvalue weighted by Crippen LogP contribution is -2.40. The highest BCUT2D eigenvalue weighted by Gasteiger charge is 2.47. The number of nitrogens with zero attached hydrogens (tertiary/aromatic N) is 3. The Morgan fingerprint density at radius 2 is 1.82 bits per heavy atom. The number of carbonyl (C=O) groups is 1. The van der Waals surface area contributed by atoms with Crippen molar-refractivity contribution in [3.63, 3.8) is 0 Å². The molecule has 1 amide bonds. The Balaban J connectivity index is 1.26. The third-order valence-corrected chi connectivity index (χ3v) is 7.99. The van der Waals surface area contributed by atoms with Crippen molar-refractivity contribution in [2.45, 2.75) is 31.1 Å². The fourth-order valence-electron chi connectivity index (χ4n) is 5.11. The molecule has 0 bridgehead atoms. The molecule has 3 aromatic rings. The number of aromatic nitrogens is 2. The molecule has 1 fully saturated rings. The number of hydrogen-bond acceptors (Lipinski definition) is 4. The lowest BCUT2D eigenvalue weighted by molar-refractivity contribution is -0.121. The third kappa shape index (κ3) is 4.01. The summed E-state index contributed by atoms with van der Waals surface area (Å²) in [5.41, 5.74) is 2.32. The van der Waals surface area contributed by atoms with Crippen LogP contribution in [0.1, 0.15) is 31.2 Å². The highest BCUT2D eigenvalue weighted by Crippen LogP contribution is 2.51. The summed E-state index contributed by atoms with van der Waals surface area (Å²) < 4.78 is 41.1. The number of amides is 1. The van der Waals surface area contributed by atoms with Crippen LogP contribution < -0.4 is 9.62 Å². The summed E-state index contributed by atoms with van der Waals surface area (Å²) in [6.07, 6.45) is 7.37. The van der Waals surface area contributed by atoms with Gasteiger partial charge in [-0.3, -0.25) is 9.10 Å². The molecule has 0 atom stereocenters. The molecule has 1 aromatic heterocycles. The van der Waals surface area contributed by atoms with Crippen molar-refractivity contribution in [2.75, 3.05) is 22.4 Å². The summed E-state index contributed by atoms with van der Waals surface area (Å²) in [7, 11) is -3.36. The molecule has 5 rings (SSSR count). The number of hydrogen-bond donors (Lipinski definition) is 1. The Morgan fingerprint density at radius 3 is 2.52 bits per heavy atom. The van der Waals surface area contributed by atoms with Crippen LogP contribution in [0.2, 0.25) is 0 Å². The van der Waals surface area contributed by atoms with E-state index in [-0.39, 0.29) is 23.1 Å². The molecule has 2 aromatic carbocycles. The molecule has 172 valence electrons. The highest BCUT2D eigenvalue weighted by atomic mass is 32.2. The first-order chi connectivity index (χ1) is 15.7. The lowest BCUT2D eigenvalue weighted by atomic mass is 9.67. The van der Waals surface area contributed by atoms with Crippen LogP contribution in [0.15, 0.2) is 61.1 Å². The maximum Gasteiger partial charge on any atom is 0.232 e. The Kier molecular flexibility index (Phi) is 5.23. The lowest BCUT2D eigenvalue weighted by Gasteiger charge is -2.37. The van der Waals surface area contributed by atoms with E-state index >= 15 is 0 Å². The summed E-state index contributed by atoms with van der Waals surface area (Å²) in [5, 5.41) is 2.89. The number of rotatable bonds is 4. The van der Waals surface area contributed by atoms with Crippen LogP contribution in [0.25, 0.3) is 5.69 Å². The number of benzene rings is 2. The number of anilines is 2. The molecule has 0 saturated heterocycles. The first-order valence-electron chi connectivity index (χ1n) is 10.9. The number of fused-ring (bicyclic) bond motifs is 2.